The summed E-state index contributed by atoms with van der Waals surface area (Å²) in [7, 11) is 0. The van der Waals surface area contributed by atoms with Gasteiger partial charge in [0.25, 0.3) is 17.5 Å². The maximum Gasteiger partial charge on any atom is 0.531 e. The Morgan fingerprint density at radius 1 is 1.35 bits per heavy atom. The van der Waals surface area contributed by atoms with Crippen molar-refractivity contribution in [3.8, 4) is 0 Å². The Bertz CT molecular complexity index is 595. The summed E-state index contributed by atoms with van der Waals surface area (Å²) in [6.45, 7) is 0. The van der Waals surface area contributed by atoms with E-state index in [9.17, 15) is 24.5 Å². The summed E-state index contributed by atoms with van der Waals surface area (Å²) in [5.41, 5.74) is 0.231. The normalized spacial score (nSPS) is 18.2. The zero-order valence-electron chi connectivity index (χ0n) is 9.88. The third-order valence-electron chi connectivity index (χ3n) is 2.78. The maximum atomic E-state index is 11.9. The van der Waals surface area contributed by atoms with Gasteiger partial charge in [-0.15, -0.1) is 0 Å². The SMILES string of the molecule is O=C(O)ON1C(=O)CC(c2ccc([N+](=O)[O-])cc2)C1=O. The number of nitro benzene ring substituents is 1. The first-order chi connectivity index (χ1) is 9.40. The molecule has 9 heteroatoms. The molecule has 0 radical (unpaired) electrons. The van der Waals surface area contributed by atoms with Gasteiger partial charge in [0.05, 0.1) is 10.8 Å². The summed E-state index contributed by atoms with van der Waals surface area (Å²) >= 11 is 0. The first-order valence-electron chi connectivity index (χ1n) is 5.42. The van der Waals surface area contributed by atoms with E-state index < -0.39 is 28.8 Å². The summed E-state index contributed by atoms with van der Waals surface area (Å²) in [5.74, 6) is -2.49. The van der Waals surface area contributed by atoms with Crippen LogP contribution in [0.1, 0.15) is 17.9 Å². The van der Waals surface area contributed by atoms with Crippen LogP contribution in [-0.4, -0.2) is 33.1 Å². The molecule has 1 saturated heterocycles. The molecule has 104 valence electrons. The molecule has 9 nitrogen and oxygen atoms in total. The lowest BCUT2D eigenvalue weighted by molar-refractivity contribution is -0.384. The van der Waals surface area contributed by atoms with Gasteiger partial charge in [0.2, 0.25) is 0 Å². The monoisotopic (exact) mass is 280 g/mol. The van der Waals surface area contributed by atoms with E-state index >= 15 is 0 Å². The van der Waals surface area contributed by atoms with Crippen LogP contribution in [0, 0.1) is 10.1 Å². The molecule has 20 heavy (non-hydrogen) atoms. The van der Waals surface area contributed by atoms with Gasteiger partial charge in [0.15, 0.2) is 0 Å². The third kappa shape index (κ3) is 2.41. The second-order valence-electron chi connectivity index (χ2n) is 3.99. The molecule has 0 spiro atoms. The molecule has 0 aromatic heterocycles. The van der Waals surface area contributed by atoms with Crippen molar-refractivity contribution >= 4 is 23.7 Å². The van der Waals surface area contributed by atoms with Gasteiger partial charge in [-0.2, -0.15) is 0 Å². The summed E-state index contributed by atoms with van der Waals surface area (Å²) < 4.78 is 0. The van der Waals surface area contributed by atoms with Crippen molar-refractivity contribution in [1.29, 1.82) is 0 Å². The lowest BCUT2D eigenvalue weighted by Gasteiger charge is -2.11. The molecule has 2 rings (SSSR count). The zero-order chi connectivity index (χ0) is 14.9. The minimum Gasteiger partial charge on any atom is -0.448 e. The van der Waals surface area contributed by atoms with Gasteiger partial charge in [-0.3, -0.25) is 24.5 Å². The van der Waals surface area contributed by atoms with E-state index in [0.717, 1.165) is 0 Å². The van der Waals surface area contributed by atoms with Crippen molar-refractivity contribution in [2.45, 2.75) is 12.3 Å². The molecular formula is C11H8N2O7. The van der Waals surface area contributed by atoms with Crippen molar-refractivity contribution in [3.05, 3.63) is 39.9 Å². The maximum absolute atomic E-state index is 11.9. The van der Waals surface area contributed by atoms with Gasteiger partial charge in [-0.05, 0) is 5.56 Å². The van der Waals surface area contributed by atoms with Crippen molar-refractivity contribution in [3.63, 3.8) is 0 Å². The number of benzene rings is 1. The number of carbonyl (C=O) groups is 3. The molecule has 2 amide bonds. The Hall–Kier alpha value is -2.97. The molecule has 1 atom stereocenters. The summed E-state index contributed by atoms with van der Waals surface area (Å²) in [6, 6.07) is 5.10. The zero-order valence-corrected chi connectivity index (χ0v) is 9.88. The fourth-order valence-corrected chi connectivity index (χ4v) is 1.87. The summed E-state index contributed by atoms with van der Waals surface area (Å²) in [6.07, 6.45) is -2.01. The molecule has 1 heterocycles. The average Bonchev–Trinajstić information content (AvgIpc) is 2.66. The Morgan fingerprint density at radius 2 is 1.95 bits per heavy atom. The third-order valence-corrected chi connectivity index (χ3v) is 2.78. The van der Waals surface area contributed by atoms with E-state index in [1.54, 1.807) is 0 Å². The van der Waals surface area contributed by atoms with Crippen LogP contribution in [0.4, 0.5) is 10.5 Å². The highest BCUT2D eigenvalue weighted by atomic mass is 16.8. The van der Waals surface area contributed by atoms with E-state index in [1.165, 1.54) is 24.3 Å². The van der Waals surface area contributed by atoms with Crippen LogP contribution < -0.4 is 0 Å². The van der Waals surface area contributed by atoms with Crippen LogP contribution in [0.25, 0.3) is 0 Å². The number of hydroxylamine groups is 2. The van der Waals surface area contributed by atoms with E-state index in [-0.39, 0.29) is 17.2 Å². The fourth-order valence-electron chi connectivity index (χ4n) is 1.87. The number of amides is 2. The molecule has 1 aliphatic heterocycles. The van der Waals surface area contributed by atoms with Crippen LogP contribution in [0.5, 0.6) is 0 Å². The van der Waals surface area contributed by atoms with Gasteiger partial charge < -0.3 is 5.11 Å². The Kier molecular flexibility index (Phi) is 3.34. The van der Waals surface area contributed by atoms with Crippen molar-refractivity contribution < 1.29 is 29.3 Å². The number of nitrogens with zero attached hydrogens (tertiary/aromatic N) is 2. The number of rotatable bonds is 3. The first-order valence-corrected chi connectivity index (χ1v) is 5.42. The van der Waals surface area contributed by atoms with Crippen LogP contribution in [0.3, 0.4) is 0 Å². The highest BCUT2D eigenvalue weighted by molar-refractivity contribution is 6.05. The summed E-state index contributed by atoms with van der Waals surface area (Å²) in [5, 5.41) is 19.1. The van der Waals surface area contributed by atoms with E-state index in [1.807, 2.05) is 0 Å². The molecule has 1 aromatic carbocycles. The number of carbonyl (C=O) groups excluding carboxylic acids is 2. The number of hydrogen-bond acceptors (Lipinski definition) is 6. The molecule has 1 unspecified atom stereocenters. The highest BCUT2D eigenvalue weighted by Crippen LogP contribution is 2.30. The lowest BCUT2D eigenvalue weighted by atomic mass is 9.97. The van der Waals surface area contributed by atoms with Crippen LogP contribution in [0.15, 0.2) is 24.3 Å². The molecule has 0 saturated carbocycles. The number of carboxylic acid groups (broad SMARTS) is 1. The standard InChI is InChI=1S/C11H8N2O7/c14-9-5-8(10(15)12(9)20-11(16)17)6-1-3-7(4-2-6)13(18)19/h1-4,8H,5H2,(H,16,17). The van der Waals surface area contributed by atoms with Gasteiger partial charge >= 0.3 is 6.16 Å². The van der Waals surface area contributed by atoms with Crippen molar-refractivity contribution in [1.82, 2.24) is 5.06 Å². The molecular weight excluding hydrogens is 272 g/mol. The predicted octanol–water partition coefficient (Wildman–Crippen LogP) is 1.05. The quantitative estimate of drug-likeness (QED) is 0.497. The van der Waals surface area contributed by atoms with E-state index in [2.05, 4.69) is 4.84 Å². The fraction of sp³-hybridized carbons (Fsp3) is 0.182. The van der Waals surface area contributed by atoms with Crippen molar-refractivity contribution in [2.24, 2.45) is 0 Å². The Labute approximate surface area is 111 Å². The molecule has 0 bridgehead atoms. The number of nitro groups is 1. The number of imide groups is 1. The molecule has 1 aromatic rings. The van der Waals surface area contributed by atoms with Gasteiger partial charge in [0, 0.05) is 18.6 Å². The lowest BCUT2D eigenvalue weighted by Crippen LogP contribution is -2.32. The topological polar surface area (TPSA) is 127 Å². The second-order valence-corrected chi connectivity index (χ2v) is 3.99. The van der Waals surface area contributed by atoms with Crippen LogP contribution in [-0.2, 0) is 14.4 Å². The van der Waals surface area contributed by atoms with Gasteiger partial charge in [-0.25, -0.2) is 4.79 Å². The average molecular weight is 280 g/mol. The van der Waals surface area contributed by atoms with E-state index in [4.69, 9.17) is 5.11 Å². The smallest absolute Gasteiger partial charge is 0.448 e. The number of hydrogen-bond donors (Lipinski definition) is 1. The minimum atomic E-state index is -1.77. The molecule has 0 aliphatic carbocycles. The number of non-ortho nitro benzene ring substituents is 1. The van der Waals surface area contributed by atoms with Crippen molar-refractivity contribution in [2.75, 3.05) is 0 Å². The van der Waals surface area contributed by atoms with Crippen LogP contribution in [0.2, 0.25) is 0 Å². The predicted molar refractivity (Wildman–Crippen MR) is 61.4 cm³/mol. The molecule has 1 N–H and O–H groups in total. The largest absolute Gasteiger partial charge is 0.531 e. The molecule has 1 fully saturated rings. The first kappa shape index (κ1) is 13.5. The summed E-state index contributed by atoms with van der Waals surface area (Å²) in [4.78, 5) is 47.7. The second kappa shape index (κ2) is 4.96. The van der Waals surface area contributed by atoms with Gasteiger partial charge in [0.1, 0.15) is 0 Å². The Morgan fingerprint density at radius 3 is 2.45 bits per heavy atom. The minimum absolute atomic E-state index is 0.149. The highest BCUT2D eigenvalue weighted by Gasteiger charge is 2.42. The molecule has 1 aliphatic rings. The Balaban J connectivity index is 2.22. The van der Waals surface area contributed by atoms with Gasteiger partial charge in [-0.1, -0.05) is 17.2 Å². The van der Waals surface area contributed by atoms with E-state index in [0.29, 0.717) is 5.56 Å². The van der Waals surface area contributed by atoms with Crippen LogP contribution >= 0.6 is 0 Å².